The first-order valence-electron chi connectivity index (χ1n) is 5.51. The van der Waals surface area contributed by atoms with Crippen LogP contribution in [-0.2, 0) is 11.3 Å². The third-order valence-electron chi connectivity index (χ3n) is 2.47. The summed E-state index contributed by atoms with van der Waals surface area (Å²) in [5.41, 5.74) is 3.00. The molecule has 0 radical (unpaired) electrons. The highest BCUT2D eigenvalue weighted by Crippen LogP contribution is 2.20. The lowest BCUT2D eigenvalue weighted by Crippen LogP contribution is -2.19. The van der Waals surface area contributed by atoms with E-state index in [0.29, 0.717) is 6.54 Å². The van der Waals surface area contributed by atoms with Crippen molar-refractivity contribution in [3.8, 4) is 11.3 Å². The number of hydrogen-bond acceptors (Lipinski definition) is 2. The summed E-state index contributed by atoms with van der Waals surface area (Å²) >= 11 is 0. The zero-order chi connectivity index (χ0) is 12.1. The highest BCUT2D eigenvalue weighted by atomic mass is 16.1. The van der Waals surface area contributed by atoms with Gasteiger partial charge in [-0.05, 0) is 11.6 Å². The molecule has 1 aromatic heterocycles. The summed E-state index contributed by atoms with van der Waals surface area (Å²) in [4.78, 5) is 15.3. The number of carbonyl (C=O) groups is 1. The van der Waals surface area contributed by atoms with Gasteiger partial charge in [-0.15, -0.1) is 0 Å². The smallest absolute Gasteiger partial charge is 0.217 e. The predicted molar refractivity (Wildman–Crippen MR) is 67.2 cm³/mol. The maximum Gasteiger partial charge on any atom is 0.217 e. The molecule has 17 heavy (non-hydrogen) atoms. The van der Waals surface area contributed by atoms with Gasteiger partial charge in [0.2, 0.25) is 5.91 Å². The minimum Gasteiger partial charge on any atom is -0.352 e. The Balaban J connectivity index is 2.31. The van der Waals surface area contributed by atoms with Crippen molar-refractivity contribution in [2.45, 2.75) is 13.5 Å². The second-order valence-electron chi connectivity index (χ2n) is 3.79. The van der Waals surface area contributed by atoms with Gasteiger partial charge >= 0.3 is 0 Å². The van der Waals surface area contributed by atoms with Gasteiger partial charge in [0.25, 0.3) is 0 Å². The van der Waals surface area contributed by atoms with Crippen LogP contribution < -0.4 is 5.32 Å². The van der Waals surface area contributed by atoms with Crippen LogP contribution in [0.3, 0.4) is 0 Å². The molecule has 2 rings (SSSR count). The molecule has 86 valence electrons. The molecule has 0 saturated carbocycles. The zero-order valence-corrected chi connectivity index (χ0v) is 9.68. The average Bonchev–Trinajstić information content (AvgIpc) is 2.38. The van der Waals surface area contributed by atoms with E-state index in [9.17, 15) is 4.79 Å². The second kappa shape index (κ2) is 5.25. The molecule has 0 unspecified atom stereocenters. The van der Waals surface area contributed by atoms with Crippen LogP contribution in [0.2, 0.25) is 0 Å². The number of nitrogens with one attached hydrogen (secondary N) is 1. The van der Waals surface area contributed by atoms with Crippen molar-refractivity contribution in [3.05, 3.63) is 54.2 Å². The minimum absolute atomic E-state index is 0.0344. The monoisotopic (exact) mass is 226 g/mol. The van der Waals surface area contributed by atoms with E-state index in [1.807, 2.05) is 42.5 Å². The van der Waals surface area contributed by atoms with Crippen LogP contribution in [0.1, 0.15) is 12.5 Å². The van der Waals surface area contributed by atoms with Crippen LogP contribution in [0.4, 0.5) is 0 Å². The van der Waals surface area contributed by atoms with Gasteiger partial charge in [0.15, 0.2) is 0 Å². The largest absolute Gasteiger partial charge is 0.352 e. The van der Waals surface area contributed by atoms with Crippen molar-refractivity contribution in [3.63, 3.8) is 0 Å². The molecule has 0 atom stereocenters. The Hall–Kier alpha value is -2.16. The maximum atomic E-state index is 10.9. The number of carbonyl (C=O) groups excluding carboxylic acids is 1. The van der Waals surface area contributed by atoms with Crippen LogP contribution in [0.15, 0.2) is 48.7 Å². The lowest BCUT2D eigenvalue weighted by molar-refractivity contribution is -0.119. The van der Waals surface area contributed by atoms with Gasteiger partial charge in [-0.2, -0.15) is 0 Å². The van der Waals surface area contributed by atoms with Crippen LogP contribution in [0.25, 0.3) is 11.3 Å². The highest BCUT2D eigenvalue weighted by Gasteiger charge is 2.05. The summed E-state index contributed by atoms with van der Waals surface area (Å²) in [7, 11) is 0. The average molecular weight is 226 g/mol. The predicted octanol–water partition coefficient (Wildman–Crippen LogP) is 2.38. The lowest BCUT2D eigenvalue weighted by atomic mass is 10.1. The van der Waals surface area contributed by atoms with Gasteiger partial charge in [0, 0.05) is 25.2 Å². The molecule has 0 spiro atoms. The Morgan fingerprint density at radius 3 is 2.65 bits per heavy atom. The molecular formula is C14H14N2O. The molecule has 0 aliphatic rings. The molecule has 0 bridgehead atoms. The fraction of sp³-hybridized carbons (Fsp3) is 0.143. The van der Waals surface area contributed by atoms with Gasteiger partial charge in [-0.1, -0.05) is 36.4 Å². The van der Waals surface area contributed by atoms with Gasteiger partial charge in [-0.25, -0.2) is 0 Å². The standard InChI is InChI=1S/C14H14N2O/c1-11(17)16-10-13-8-5-9-15-14(13)12-6-3-2-4-7-12/h2-9H,10H2,1H3,(H,16,17). The first-order valence-corrected chi connectivity index (χ1v) is 5.51. The first-order chi connectivity index (χ1) is 8.27. The SMILES string of the molecule is CC(=O)NCc1cccnc1-c1ccccc1. The van der Waals surface area contributed by atoms with Crippen molar-refractivity contribution in [2.24, 2.45) is 0 Å². The molecule has 0 aliphatic carbocycles. The van der Waals surface area contributed by atoms with Crippen LogP contribution in [-0.4, -0.2) is 10.9 Å². The molecule has 3 heteroatoms. The first kappa shape index (κ1) is 11.3. The normalized spacial score (nSPS) is 9.94. The number of hydrogen-bond donors (Lipinski definition) is 1. The van der Waals surface area contributed by atoms with Gasteiger partial charge in [-0.3, -0.25) is 9.78 Å². The van der Waals surface area contributed by atoms with Crippen LogP contribution in [0, 0.1) is 0 Å². The summed E-state index contributed by atoms with van der Waals surface area (Å²) < 4.78 is 0. The molecule has 1 amide bonds. The number of benzene rings is 1. The molecule has 0 fully saturated rings. The van der Waals surface area contributed by atoms with Gasteiger partial charge in [0.1, 0.15) is 0 Å². The molecule has 2 aromatic rings. The van der Waals surface area contributed by atoms with E-state index in [-0.39, 0.29) is 5.91 Å². The van der Waals surface area contributed by atoms with E-state index >= 15 is 0 Å². The highest BCUT2D eigenvalue weighted by molar-refractivity contribution is 5.73. The topological polar surface area (TPSA) is 42.0 Å². The van der Waals surface area contributed by atoms with E-state index in [4.69, 9.17) is 0 Å². The lowest BCUT2D eigenvalue weighted by Gasteiger charge is -2.08. The molecule has 0 aliphatic heterocycles. The third-order valence-corrected chi connectivity index (χ3v) is 2.47. The summed E-state index contributed by atoms with van der Waals surface area (Å²) in [5, 5.41) is 2.79. The van der Waals surface area contributed by atoms with Crippen molar-refractivity contribution < 1.29 is 4.79 Å². The van der Waals surface area contributed by atoms with Crippen molar-refractivity contribution in [1.29, 1.82) is 0 Å². The quantitative estimate of drug-likeness (QED) is 0.873. The van der Waals surface area contributed by atoms with Crippen molar-refractivity contribution >= 4 is 5.91 Å². The molecule has 3 nitrogen and oxygen atoms in total. The van der Waals surface area contributed by atoms with Gasteiger partial charge in [0.05, 0.1) is 5.69 Å². The summed E-state index contributed by atoms with van der Waals surface area (Å²) in [5.74, 6) is -0.0344. The number of nitrogens with zero attached hydrogens (tertiary/aromatic N) is 1. The van der Waals surface area contributed by atoms with Crippen LogP contribution in [0.5, 0.6) is 0 Å². The molecule has 1 N–H and O–H groups in total. The number of pyridine rings is 1. The Morgan fingerprint density at radius 1 is 1.18 bits per heavy atom. The van der Waals surface area contributed by atoms with E-state index in [1.165, 1.54) is 6.92 Å². The Bertz CT molecular complexity index is 509. The number of aromatic nitrogens is 1. The summed E-state index contributed by atoms with van der Waals surface area (Å²) in [6, 6.07) is 13.8. The molecule has 0 saturated heterocycles. The molecule has 1 heterocycles. The Morgan fingerprint density at radius 2 is 1.94 bits per heavy atom. The third kappa shape index (κ3) is 2.91. The summed E-state index contributed by atoms with van der Waals surface area (Å²) in [6.07, 6.45) is 1.76. The minimum atomic E-state index is -0.0344. The van der Waals surface area contributed by atoms with E-state index in [0.717, 1.165) is 16.8 Å². The maximum absolute atomic E-state index is 10.9. The van der Waals surface area contributed by atoms with Crippen molar-refractivity contribution in [1.82, 2.24) is 10.3 Å². The number of rotatable bonds is 3. The van der Waals surface area contributed by atoms with Crippen LogP contribution >= 0.6 is 0 Å². The Kier molecular flexibility index (Phi) is 3.50. The molecular weight excluding hydrogens is 212 g/mol. The van der Waals surface area contributed by atoms with E-state index in [2.05, 4.69) is 10.3 Å². The van der Waals surface area contributed by atoms with Crippen molar-refractivity contribution in [2.75, 3.05) is 0 Å². The fourth-order valence-electron chi connectivity index (χ4n) is 1.66. The van der Waals surface area contributed by atoms with E-state index < -0.39 is 0 Å². The molecule has 1 aromatic carbocycles. The Labute approximate surface area is 101 Å². The second-order valence-corrected chi connectivity index (χ2v) is 3.79. The number of amides is 1. The fourth-order valence-corrected chi connectivity index (χ4v) is 1.66. The van der Waals surface area contributed by atoms with Gasteiger partial charge < -0.3 is 5.32 Å². The summed E-state index contributed by atoms with van der Waals surface area (Å²) in [6.45, 7) is 2.02. The zero-order valence-electron chi connectivity index (χ0n) is 9.68. The van der Waals surface area contributed by atoms with E-state index in [1.54, 1.807) is 6.20 Å².